The highest BCUT2D eigenvalue weighted by molar-refractivity contribution is 7.18. The van der Waals surface area contributed by atoms with Crippen LogP contribution in [0.3, 0.4) is 0 Å². The van der Waals surface area contributed by atoms with Gasteiger partial charge >= 0.3 is 0 Å². The minimum atomic E-state index is 0.500. The van der Waals surface area contributed by atoms with E-state index in [1.165, 1.54) is 10.3 Å². The maximum Gasteiger partial charge on any atom is 0.146 e. The van der Waals surface area contributed by atoms with Crippen LogP contribution in [-0.2, 0) is 6.42 Å². The molecule has 0 aliphatic carbocycles. The van der Waals surface area contributed by atoms with E-state index in [0.717, 1.165) is 22.7 Å². The molecule has 0 N–H and O–H groups in total. The quantitative estimate of drug-likeness (QED) is 0.783. The molecule has 0 atom stereocenters. The zero-order chi connectivity index (χ0) is 14.1. The number of methoxy groups -OCH3 is 1. The molecule has 18 heavy (non-hydrogen) atoms. The van der Waals surface area contributed by atoms with Gasteiger partial charge in [0, 0.05) is 0 Å². The van der Waals surface area contributed by atoms with Crippen molar-refractivity contribution in [2.45, 2.75) is 34.1 Å². The Hall–Kier alpha value is -1.16. The van der Waals surface area contributed by atoms with Crippen LogP contribution in [0.4, 0.5) is 4.39 Å². The number of hydrogen-bond acceptors (Lipinski definition) is 3. The summed E-state index contributed by atoms with van der Waals surface area (Å²) in [5.74, 6) is 0.892. The second-order valence-electron chi connectivity index (χ2n) is 3.23. The summed E-state index contributed by atoms with van der Waals surface area (Å²) in [5.41, 5.74) is 2.30. The molecule has 2 nitrogen and oxygen atoms in total. The first-order valence-corrected chi connectivity index (χ1v) is 6.88. The second kappa shape index (κ2) is 8.86. The zero-order valence-electron chi connectivity index (χ0n) is 12.0. The summed E-state index contributed by atoms with van der Waals surface area (Å²) < 4.78 is 16.0. The highest BCUT2D eigenvalue weighted by Gasteiger charge is 2.07. The number of aromatic nitrogens is 1. The molecule has 2 aromatic rings. The SMILES string of the molecule is CC.CCc1cc(OC)c2nc(C)sc2c1.CF. The van der Waals surface area contributed by atoms with Gasteiger partial charge in [0.1, 0.15) is 11.3 Å². The van der Waals surface area contributed by atoms with Crippen molar-refractivity contribution in [1.29, 1.82) is 0 Å². The lowest BCUT2D eigenvalue weighted by Gasteiger charge is -2.03. The Kier molecular flexibility index (Phi) is 8.29. The van der Waals surface area contributed by atoms with E-state index < -0.39 is 0 Å². The van der Waals surface area contributed by atoms with Gasteiger partial charge in [0.25, 0.3) is 0 Å². The largest absolute Gasteiger partial charge is 0.494 e. The third-order valence-electron chi connectivity index (χ3n) is 2.25. The van der Waals surface area contributed by atoms with Crippen LogP contribution in [-0.4, -0.2) is 19.3 Å². The first-order chi connectivity index (χ1) is 8.74. The number of ether oxygens (including phenoxy) is 1. The highest BCUT2D eigenvalue weighted by Crippen LogP contribution is 2.31. The van der Waals surface area contributed by atoms with Crippen molar-refractivity contribution in [3.63, 3.8) is 0 Å². The number of aryl methyl sites for hydroxylation is 2. The Balaban J connectivity index is 0.000000659. The number of thiazole rings is 1. The van der Waals surface area contributed by atoms with Crippen LogP contribution in [0, 0.1) is 6.92 Å². The fourth-order valence-corrected chi connectivity index (χ4v) is 2.43. The van der Waals surface area contributed by atoms with E-state index in [1.807, 2.05) is 20.8 Å². The summed E-state index contributed by atoms with van der Waals surface area (Å²) in [7, 11) is 2.20. The summed E-state index contributed by atoms with van der Waals surface area (Å²) in [6.45, 7) is 8.17. The van der Waals surface area contributed by atoms with Crippen LogP contribution in [0.2, 0.25) is 0 Å². The molecule has 1 aromatic heterocycles. The Bertz CT molecular complexity index is 468. The molecule has 0 saturated heterocycles. The lowest BCUT2D eigenvalue weighted by atomic mass is 10.1. The van der Waals surface area contributed by atoms with Gasteiger partial charge in [-0.05, 0) is 31.0 Å². The predicted molar refractivity (Wildman–Crippen MR) is 78.7 cm³/mol. The Morgan fingerprint density at radius 3 is 2.39 bits per heavy atom. The number of fused-ring (bicyclic) bond motifs is 1. The van der Waals surface area contributed by atoms with E-state index in [-0.39, 0.29) is 0 Å². The van der Waals surface area contributed by atoms with Crippen molar-refractivity contribution >= 4 is 21.6 Å². The molecule has 0 aliphatic heterocycles. The third-order valence-corrected chi connectivity index (χ3v) is 3.17. The third kappa shape index (κ3) is 3.95. The molecule has 2 rings (SSSR count). The Labute approximate surface area is 113 Å². The topological polar surface area (TPSA) is 22.1 Å². The van der Waals surface area contributed by atoms with Crippen molar-refractivity contribution in [1.82, 2.24) is 4.98 Å². The standard InChI is InChI=1S/C11H13NOS.C2H6.CH3F/c1-4-8-5-9(13-3)11-10(6-8)14-7(2)12-11;2*1-2/h5-6H,4H2,1-3H3;1-2H3;1H3. The summed E-state index contributed by atoms with van der Waals surface area (Å²) in [6, 6.07) is 4.27. The zero-order valence-corrected chi connectivity index (χ0v) is 12.8. The van der Waals surface area contributed by atoms with E-state index in [9.17, 15) is 4.39 Å². The van der Waals surface area contributed by atoms with Crippen molar-refractivity contribution in [2.24, 2.45) is 0 Å². The number of rotatable bonds is 2. The van der Waals surface area contributed by atoms with Crippen LogP contribution < -0.4 is 4.74 Å². The molecule has 0 aliphatic rings. The molecule has 0 saturated carbocycles. The maximum atomic E-state index is 9.50. The van der Waals surface area contributed by atoms with Gasteiger partial charge in [-0.1, -0.05) is 20.8 Å². The van der Waals surface area contributed by atoms with E-state index in [4.69, 9.17) is 4.74 Å². The van der Waals surface area contributed by atoms with Crippen LogP contribution in [0.15, 0.2) is 12.1 Å². The Morgan fingerprint density at radius 1 is 1.28 bits per heavy atom. The molecule has 0 unspecified atom stereocenters. The van der Waals surface area contributed by atoms with Gasteiger partial charge < -0.3 is 4.74 Å². The average molecular weight is 271 g/mol. The maximum absolute atomic E-state index is 9.50. The molecule has 4 heteroatoms. The van der Waals surface area contributed by atoms with Crippen LogP contribution >= 0.6 is 11.3 Å². The molecular weight excluding hydrogens is 249 g/mol. The van der Waals surface area contributed by atoms with Crippen LogP contribution in [0.5, 0.6) is 5.75 Å². The van der Waals surface area contributed by atoms with Gasteiger partial charge in [-0.15, -0.1) is 11.3 Å². The first kappa shape index (κ1) is 16.8. The molecule has 102 valence electrons. The fraction of sp³-hybridized carbons (Fsp3) is 0.500. The van der Waals surface area contributed by atoms with Crippen molar-refractivity contribution in [3.05, 3.63) is 22.7 Å². The number of hydrogen-bond donors (Lipinski definition) is 0. The molecule has 0 fully saturated rings. The molecule has 0 bridgehead atoms. The average Bonchev–Trinajstić information content (AvgIpc) is 2.82. The van der Waals surface area contributed by atoms with E-state index in [2.05, 4.69) is 24.0 Å². The highest BCUT2D eigenvalue weighted by atomic mass is 32.1. The van der Waals surface area contributed by atoms with E-state index >= 15 is 0 Å². The van der Waals surface area contributed by atoms with Gasteiger partial charge in [-0.25, -0.2) is 4.98 Å². The van der Waals surface area contributed by atoms with Gasteiger partial charge in [0.05, 0.1) is 24.0 Å². The molecular formula is C14H22FNOS. The molecule has 0 radical (unpaired) electrons. The van der Waals surface area contributed by atoms with Crippen molar-refractivity contribution in [3.8, 4) is 5.75 Å². The smallest absolute Gasteiger partial charge is 0.146 e. The summed E-state index contributed by atoms with van der Waals surface area (Å²) in [4.78, 5) is 4.45. The van der Waals surface area contributed by atoms with Gasteiger partial charge in [0.15, 0.2) is 0 Å². The molecule has 1 heterocycles. The number of halogens is 1. The monoisotopic (exact) mass is 271 g/mol. The minimum absolute atomic E-state index is 0.500. The van der Waals surface area contributed by atoms with Crippen LogP contribution in [0.25, 0.3) is 10.2 Å². The fourth-order valence-electron chi connectivity index (χ4n) is 1.52. The second-order valence-corrected chi connectivity index (χ2v) is 4.47. The number of benzene rings is 1. The molecule has 0 amide bonds. The summed E-state index contributed by atoms with van der Waals surface area (Å²) in [5, 5.41) is 1.09. The first-order valence-electron chi connectivity index (χ1n) is 6.06. The molecule has 0 spiro atoms. The number of nitrogens with zero attached hydrogens (tertiary/aromatic N) is 1. The van der Waals surface area contributed by atoms with Gasteiger partial charge in [-0.2, -0.15) is 0 Å². The van der Waals surface area contributed by atoms with Crippen LogP contribution in [0.1, 0.15) is 31.3 Å². The van der Waals surface area contributed by atoms with E-state index in [0.29, 0.717) is 7.18 Å². The minimum Gasteiger partial charge on any atom is -0.494 e. The predicted octanol–water partition coefficient (Wildman–Crippen LogP) is 4.79. The van der Waals surface area contributed by atoms with Crippen molar-refractivity contribution in [2.75, 3.05) is 14.3 Å². The summed E-state index contributed by atoms with van der Waals surface area (Å²) >= 11 is 1.72. The van der Waals surface area contributed by atoms with Crippen molar-refractivity contribution < 1.29 is 9.13 Å². The summed E-state index contributed by atoms with van der Waals surface area (Å²) in [6.07, 6.45) is 1.03. The van der Waals surface area contributed by atoms with E-state index in [1.54, 1.807) is 18.4 Å². The Morgan fingerprint density at radius 2 is 1.89 bits per heavy atom. The number of alkyl halides is 1. The lowest BCUT2D eigenvalue weighted by Crippen LogP contribution is -1.87. The normalized spacial score (nSPS) is 9.06. The molecule has 1 aromatic carbocycles. The van der Waals surface area contributed by atoms with Gasteiger partial charge in [0.2, 0.25) is 0 Å². The van der Waals surface area contributed by atoms with Gasteiger partial charge in [-0.3, -0.25) is 4.39 Å². The lowest BCUT2D eigenvalue weighted by molar-refractivity contribution is 0.418.